The van der Waals surface area contributed by atoms with Gasteiger partial charge >= 0.3 is 12.1 Å². The van der Waals surface area contributed by atoms with Gasteiger partial charge in [0, 0.05) is 23.7 Å². The van der Waals surface area contributed by atoms with Crippen molar-refractivity contribution in [1.29, 1.82) is 0 Å². The molecular weight excluding hydrogens is 520 g/mol. The van der Waals surface area contributed by atoms with E-state index in [9.17, 15) is 19.5 Å². The molecule has 1 N–H and O–H groups in total. The Morgan fingerprint density at radius 1 is 1.08 bits per heavy atom. The summed E-state index contributed by atoms with van der Waals surface area (Å²) in [5, 5.41) is 10.1. The van der Waals surface area contributed by atoms with Crippen LogP contribution in [0.1, 0.15) is 30.0 Å². The van der Waals surface area contributed by atoms with Gasteiger partial charge in [-0.1, -0.05) is 54.1 Å². The number of anilines is 1. The van der Waals surface area contributed by atoms with Crippen LogP contribution < -0.4 is 9.64 Å². The number of carbonyl (C=O) groups is 3. The first kappa shape index (κ1) is 26.6. The molecule has 3 aromatic carbocycles. The SMILES string of the molecule is COc1cccc([C@H]2[C@H](C(Cc3ccccc3)N3CCC(C(=O)O)CC3=O)OC(=O)N2c2ccc(Cl)cc2)c1. The summed E-state index contributed by atoms with van der Waals surface area (Å²) in [7, 11) is 1.58. The zero-order valence-electron chi connectivity index (χ0n) is 21.4. The number of hydrogen-bond donors (Lipinski definition) is 1. The molecule has 0 saturated carbocycles. The Balaban J connectivity index is 1.59. The van der Waals surface area contributed by atoms with Gasteiger partial charge < -0.3 is 19.5 Å². The minimum Gasteiger partial charge on any atom is -0.497 e. The Morgan fingerprint density at radius 2 is 1.82 bits per heavy atom. The van der Waals surface area contributed by atoms with Gasteiger partial charge in [0.2, 0.25) is 5.91 Å². The Morgan fingerprint density at radius 3 is 2.49 bits per heavy atom. The van der Waals surface area contributed by atoms with Gasteiger partial charge in [-0.25, -0.2) is 4.79 Å². The second kappa shape index (κ2) is 11.4. The van der Waals surface area contributed by atoms with Crippen LogP contribution in [0, 0.1) is 5.92 Å². The Hall–Kier alpha value is -4.04. The highest BCUT2D eigenvalue weighted by Crippen LogP contribution is 2.42. The van der Waals surface area contributed by atoms with Crippen molar-refractivity contribution >= 4 is 35.3 Å². The maximum atomic E-state index is 13.5. The number of likely N-dealkylation sites (tertiary alicyclic amines) is 1. The monoisotopic (exact) mass is 548 g/mol. The average molecular weight is 549 g/mol. The number of benzene rings is 3. The molecule has 9 heteroatoms. The summed E-state index contributed by atoms with van der Waals surface area (Å²) in [4.78, 5) is 41.8. The number of piperidine rings is 1. The summed E-state index contributed by atoms with van der Waals surface area (Å²) in [5.41, 5.74) is 2.36. The first-order chi connectivity index (χ1) is 18.9. The molecule has 2 aliphatic rings. The number of ether oxygens (including phenoxy) is 2. The molecule has 2 fully saturated rings. The lowest BCUT2D eigenvalue weighted by Crippen LogP contribution is -2.53. The fourth-order valence-corrected chi connectivity index (χ4v) is 5.62. The summed E-state index contributed by atoms with van der Waals surface area (Å²) in [6.45, 7) is 0.257. The van der Waals surface area contributed by atoms with E-state index < -0.39 is 36.2 Å². The van der Waals surface area contributed by atoms with Crippen molar-refractivity contribution < 1.29 is 29.0 Å². The van der Waals surface area contributed by atoms with E-state index in [1.165, 1.54) is 0 Å². The van der Waals surface area contributed by atoms with Crippen LogP contribution in [0.3, 0.4) is 0 Å². The molecule has 4 atom stereocenters. The predicted octanol–water partition coefficient (Wildman–Crippen LogP) is 5.35. The molecule has 0 aliphatic carbocycles. The lowest BCUT2D eigenvalue weighted by molar-refractivity contribution is -0.152. The van der Waals surface area contributed by atoms with Crippen LogP contribution in [0.15, 0.2) is 78.9 Å². The zero-order chi connectivity index (χ0) is 27.5. The third-order valence-electron chi connectivity index (χ3n) is 7.44. The first-order valence-electron chi connectivity index (χ1n) is 12.8. The highest BCUT2D eigenvalue weighted by molar-refractivity contribution is 6.30. The fraction of sp³-hybridized carbons (Fsp3) is 0.300. The normalized spacial score (nSPS) is 21.9. The Bertz CT molecular complexity index is 1350. The minimum atomic E-state index is -0.974. The van der Waals surface area contributed by atoms with Gasteiger partial charge in [-0.2, -0.15) is 0 Å². The molecule has 0 aromatic heterocycles. The zero-order valence-corrected chi connectivity index (χ0v) is 22.2. The Labute approximate surface area is 231 Å². The fourth-order valence-electron chi connectivity index (χ4n) is 5.49. The maximum Gasteiger partial charge on any atom is 0.415 e. The molecule has 2 saturated heterocycles. The number of methoxy groups -OCH3 is 1. The second-order valence-electron chi connectivity index (χ2n) is 9.79. The summed E-state index contributed by atoms with van der Waals surface area (Å²) < 4.78 is 11.6. The standard InChI is InChI=1S/C30H29ClN2O6/c1-38-24-9-5-8-20(17-24)27-28(39-30(37)33(27)23-12-10-22(31)11-13-23)25(16-19-6-3-2-4-7-19)32-15-14-21(29(35)36)18-26(32)34/h2-13,17,21,25,27-28H,14-16,18H2,1H3,(H,35,36)/t21?,25?,27-,28-/m0/s1. The molecule has 0 spiro atoms. The molecule has 5 rings (SSSR count). The van der Waals surface area contributed by atoms with Crippen molar-refractivity contribution in [3.05, 3.63) is 95.0 Å². The topological polar surface area (TPSA) is 96.4 Å². The number of carboxylic acids is 1. The van der Waals surface area contributed by atoms with E-state index in [1.807, 2.05) is 54.6 Å². The van der Waals surface area contributed by atoms with Crippen LogP contribution in [0.25, 0.3) is 0 Å². The van der Waals surface area contributed by atoms with E-state index in [2.05, 4.69) is 0 Å². The van der Waals surface area contributed by atoms with Crippen LogP contribution in [0.5, 0.6) is 5.75 Å². The van der Waals surface area contributed by atoms with E-state index in [0.29, 0.717) is 29.3 Å². The molecular formula is C30H29ClN2O6. The lowest BCUT2D eigenvalue weighted by Gasteiger charge is -2.40. The van der Waals surface area contributed by atoms with Crippen molar-refractivity contribution in [3.63, 3.8) is 0 Å². The van der Waals surface area contributed by atoms with Crippen molar-refractivity contribution in [1.82, 2.24) is 4.90 Å². The largest absolute Gasteiger partial charge is 0.497 e. The van der Waals surface area contributed by atoms with Crippen LogP contribution in [-0.4, -0.2) is 53.8 Å². The van der Waals surface area contributed by atoms with Crippen molar-refractivity contribution in [2.75, 3.05) is 18.6 Å². The maximum absolute atomic E-state index is 13.5. The molecule has 3 aromatic rings. The molecule has 2 unspecified atom stereocenters. The number of cyclic esters (lactones) is 1. The number of carboxylic acid groups (broad SMARTS) is 1. The number of carbonyl (C=O) groups excluding carboxylic acids is 2. The van der Waals surface area contributed by atoms with Gasteiger partial charge in [0.15, 0.2) is 0 Å². The second-order valence-corrected chi connectivity index (χ2v) is 10.2. The minimum absolute atomic E-state index is 0.0913. The Kier molecular flexibility index (Phi) is 7.74. The molecule has 39 heavy (non-hydrogen) atoms. The number of hydrogen-bond acceptors (Lipinski definition) is 5. The van der Waals surface area contributed by atoms with E-state index in [1.54, 1.807) is 41.2 Å². The van der Waals surface area contributed by atoms with Gasteiger partial charge in [0.05, 0.1) is 19.1 Å². The molecule has 2 amide bonds. The summed E-state index contributed by atoms with van der Waals surface area (Å²) in [6, 6.07) is 22.9. The number of nitrogens with zero attached hydrogens (tertiary/aromatic N) is 2. The van der Waals surface area contributed by atoms with Crippen LogP contribution in [0.2, 0.25) is 5.02 Å². The van der Waals surface area contributed by atoms with Gasteiger partial charge in [-0.15, -0.1) is 0 Å². The van der Waals surface area contributed by atoms with Gasteiger partial charge in [0.1, 0.15) is 17.9 Å². The number of halogens is 1. The third kappa shape index (κ3) is 5.56. The van der Waals surface area contributed by atoms with Gasteiger partial charge in [-0.3, -0.25) is 14.5 Å². The summed E-state index contributed by atoms with van der Waals surface area (Å²) in [5.74, 6) is -1.34. The number of aliphatic carboxylic acids is 1. The number of rotatable bonds is 8. The highest BCUT2D eigenvalue weighted by atomic mass is 35.5. The van der Waals surface area contributed by atoms with Gasteiger partial charge in [-0.05, 0) is 60.4 Å². The van der Waals surface area contributed by atoms with E-state index >= 15 is 0 Å². The predicted molar refractivity (Wildman–Crippen MR) is 146 cm³/mol. The lowest BCUT2D eigenvalue weighted by atomic mass is 9.87. The first-order valence-corrected chi connectivity index (χ1v) is 13.2. The van der Waals surface area contributed by atoms with Crippen LogP contribution >= 0.6 is 11.6 Å². The summed E-state index contributed by atoms with van der Waals surface area (Å²) >= 11 is 6.13. The van der Waals surface area contributed by atoms with Crippen molar-refractivity contribution in [2.45, 2.75) is 37.5 Å². The number of amides is 2. The van der Waals surface area contributed by atoms with E-state index in [0.717, 1.165) is 11.1 Å². The molecule has 2 heterocycles. The van der Waals surface area contributed by atoms with Crippen LogP contribution in [-0.2, 0) is 20.7 Å². The molecule has 8 nitrogen and oxygen atoms in total. The van der Waals surface area contributed by atoms with Crippen LogP contribution in [0.4, 0.5) is 10.5 Å². The van der Waals surface area contributed by atoms with Crippen molar-refractivity contribution in [3.8, 4) is 5.75 Å². The summed E-state index contributed by atoms with van der Waals surface area (Å²) in [6.07, 6.45) is -0.618. The quantitative estimate of drug-likeness (QED) is 0.408. The van der Waals surface area contributed by atoms with Crippen molar-refractivity contribution in [2.24, 2.45) is 5.92 Å². The van der Waals surface area contributed by atoms with E-state index in [4.69, 9.17) is 21.1 Å². The molecule has 2 aliphatic heterocycles. The molecule has 202 valence electrons. The smallest absolute Gasteiger partial charge is 0.415 e. The van der Waals surface area contributed by atoms with E-state index in [-0.39, 0.29) is 18.9 Å². The third-order valence-corrected chi connectivity index (χ3v) is 7.69. The van der Waals surface area contributed by atoms with Gasteiger partial charge in [0.25, 0.3) is 0 Å². The highest BCUT2D eigenvalue weighted by Gasteiger charge is 2.50. The molecule has 0 radical (unpaired) electrons. The molecule has 0 bridgehead atoms. The average Bonchev–Trinajstić information content (AvgIpc) is 3.29.